The number of likely N-dealkylation sites (N-methyl/N-ethyl adjacent to an activating group) is 1. The van der Waals surface area contributed by atoms with Crippen molar-refractivity contribution >= 4 is 33.2 Å². The first-order chi connectivity index (χ1) is 9.61. The van der Waals surface area contributed by atoms with Gasteiger partial charge in [0.1, 0.15) is 6.04 Å². The summed E-state index contributed by atoms with van der Waals surface area (Å²) in [7, 11) is 0. The van der Waals surface area contributed by atoms with Crippen LogP contribution in [0.2, 0.25) is 0 Å². The lowest BCUT2D eigenvalue weighted by Crippen LogP contribution is -2.37. The third kappa shape index (κ3) is 3.69. The van der Waals surface area contributed by atoms with Crippen LogP contribution in [0.4, 0.5) is 0 Å². The molecule has 0 spiro atoms. The molecule has 0 aliphatic heterocycles. The Kier molecular flexibility index (Phi) is 5.34. The maximum absolute atomic E-state index is 12.5. The van der Waals surface area contributed by atoms with Crippen LogP contribution < -0.4 is 5.73 Å². The fourth-order valence-corrected chi connectivity index (χ4v) is 3.47. The number of hydrogen-bond acceptors (Lipinski definition) is 3. The van der Waals surface area contributed by atoms with Crippen LogP contribution in [0.3, 0.4) is 0 Å². The highest BCUT2D eigenvalue weighted by Crippen LogP contribution is 2.24. The lowest BCUT2D eigenvalue weighted by molar-refractivity contribution is -0.133. The SMILES string of the molecule is CCN(Cc1ccc(Br)s1)C(=O)[C@H](N)c1ccccc1. The van der Waals surface area contributed by atoms with E-state index in [0.717, 1.165) is 14.2 Å². The Bertz CT molecular complexity index is 570. The Morgan fingerprint density at radius 2 is 2.00 bits per heavy atom. The predicted octanol–water partition coefficient (Wildman–Crippen LogP) is 3.56. The molecule has 2 N–H and O–H groups in total. The van der Waals surface area contributed by atoms with Gasteiger partial charge in [-0.2, -0.15) is 0 Å². The Morgan fingerprint density at radius 1 is 1.30 bits per heavy atom. The number of halogens is 1. The summed E-state index contributed by atoms with van der Waals surface area (Å²) in [6, 6.07) is 12.9. The van der Waals surface area contributed by atoms with Crippen molar-refractivity contribution in [2.45, 2.75) is 19.5 Å². The largest absolute Gasteiger partial charge is 0.336 e. The molecule has 0 radical (unpaired) electrons. The average molecular weight is 353 g/mol. The van der Waals surface area contributed by atoms with E-state index in [1.54, 1.807) is 16.2 Å². The summed E-state index contributed by atoms with van der Waals surface area (Å²) in [6.45, 7) is 3.22. The molecule has 0 aliphatic carbocycles. The number of carbonyl (C=O) groups excluding carboxylic acids is 1. The molecule has 1 heterocycles. The molecule has 3 nitrogen and oxygen atoms in total. The van der Waals surface area contributed by atoms with Crippen LogP contribution in [0.5, 0.6) is 0 Å². The van der Waals surface area contributed by atoms with Gasteiger partial charge in [0, 0.05) is 11.4 Å². The van der Waals surface area contributed by atoms with E-state index in [2.05, 4.69) is 15.9 Å². The zero-order valence-corrected chi connectivity index (χ0v) is 13.7. The van der Waals surface area contributed by atoms with Crippen LogP contribution in [-0.2, 0) is 11.3 Å². The summed E-state index contributed by atoms with van der Waals surface area (Å²) >= 11 is 5.08. The summed E-state index contributed by atoms with van der Waals surface area (Å²) in [6.07, 6.45) is 0. The monoisotopic (exact) mass is 352 g/mol. The van der Waals surface area contributed by atoms with Gasteiger partial charge in [0.15, 0.2) is 0 Å². The van der Waals surface area contributed by atoms with Crippen molar-refractivity contribution in [1.82, 2.24) is 4.90 Å². The molecule has 106 valence electrons. The van der Waals surface area contributed by atoms with Crippen LogP contribution >= 0.6 is 27.3 Å². The van der Waals surface area contributed by atoms with Crippen molar-refractivity contribution in [3.63, 3.8) is 0 Å². The molecule has 5 heteroatoms. The van der Waals surface area contributed by atoms with Gasteiger partial charge in [-0.1, -0.05) is 30.3 Å². The van der Waals surface area contributed by atoms with E-state index in [-0.39, 0.29) is 5.91 Å². The third-order valence-corrected chi connectivity index (χ3v) is 4.70. The highest BCUT2D eigenvalue weighted by Gasteiger charge is 2.21. The molecule has 0 saturated heterocycles. The van der Waals surface area contributed by atoms with Gasteiger partial charge >= 0.3 is 0 Å². The first-order valence-corrected chi connectivity index (χ1v) is 8.06. The molecule has 20 heavy (non-hydrogen) atoms. The first kappa shape index (κ1) is 15.2. The molecule has 1 aromatic heterocycles. The van der Waals surface area contributed by atoms with E-state index in [1.165, 1.54) is 0 Å². The number of benzene rings is 1. The first-order valence-electron chi connectivity index (χ1n) is 6.45. The molecule has 2 aromatic rings. The Hall–Kier alpha value is -1.17. The Labute approximate surface area is 131 Å². The minimum atomic E-state index is -0.598. The van der Waals surface area contributed by atoms with Gasteiger partial charge in [-0.05, 0) is 40.5 Å². The van der Waals surface area contributed by atoms with Crippen molar-refractivity contribution < 1.29 is 4.79 Å². The smallest absolute Gasteiger partial charge is 0.244 e. The number of amides is 1. The average Bonchev–Trinajstić information content (AvgIpc) is 2.89. The van der Waals surface area contributed by atoms with E-state index in [1.807, 2.05) is 49.4 Å². The molecule has 0 unspecified atom stereocenters. The van der Waals surface area contributed by atoms with Gasteiger partial charge < -0.3 is 10.6 Å². The molecular formula is C15H17BrN2OS. The highest BCUT2D eigenvalue weighted by molar-refractivity contribution is 9.11. The van der Waals surface area contributed by atoms with Gasteiger partial charge in [0.05, 0.1) is 10.3 Å². The predicted molar refractivity (Wildman–Crippen MR) is 86.5 cm³/mol. The molecule has 1 amide bonds. The molecule has 1 aromatic carbocycles. The summed E-state index contributed by atoms with van der Waals surface area (Å²) in [5, 5.41) is 0. The lowest BCUT2D eigenvalue weighted by Gasteiger charge is -2.24. The van der Waals surface area contributed by atoms with Crippen molar-refractivity contribution in [2.24, 2.45) is 5.73 Å². The van der Waals surface area contributed by atoms with Crippen molar-refractivity contribution in [3.8, 4) is 0 Å². The molecular weight excluding hydrogens is 336 g/mol. The zero-order valence-electron chi connectivity index (χ0n) is 11.3. The topological polar surface area (TPSA) is 46.3 Å². The summed E-state index contributed by atoms with van der Waals surface area (Å²) in [4.78, 5) is 15.4. The lowest BCUT2D eigenvalue weighted by atomic mass is 10.1. The second kappa shape index (κ2) is 7.02. The van der Waals surface area contributed by atoms with E-state index in [4.69, 9.17) is 5.73 Å². The van der Waals surface area contributed by atoms with E-state index in [0.29, 0.717) is 13.1 Å². The minimum Gasteiger partial charge on any atom is -0.336 e. The maximum Gasteiger partial charge on any atom is 0.244 e. The molecule has 0 saturated carbocycles. The van der Waals surface area contributed by atoms with Crippen LogP contribution in [0.25, 0.3) is 0 Å². The quantitative estimate of drug-likeness (QED) is 0.893. The number of carbonyl (C=O) groups is 1. The van der Waals surface area contributed by atoms with Crippen LogP contribution in [0.15, 0.2) is 46.3 Å². The third-order valence-electron chi connectivity index (χ3n) is 3.09. The zero-order chi connectivity index (χ0) is 14.5. The van der Waals surface area contributed by atoms with Crippen LogP contribution in [-0.4, -0.2) is 17.4 Å². The molecule has 1 atom stereocenters. The van der Waals surface area contributed by atoms with Gasteiger partial charge in [0.25, 0.3) is 0 Å². The summed E-state index contributed by atoms with van der Waals surface area (Å²) < 4.78 is 1.07. The minimum absolute atomic E-state index is 0.0387. The van der Waals surface area contributed by atoms with Crippen molar-refractivity contribution in [1.29, 1.82) is 0 Å². The second-order valence-corrected chi connectivity index (χ2v) is 6.99. The number of rotatable bonds is 5. The molecule has 0 fully saturated rings. The normalized spacial score (nSPS) is 12.2. The van der Waals surface area contributed by atoms with E-state index >= 15 is 0 Å². The fraction of sp³-hybridized carbons (Fsp3) is 0.267. The number of nitrogens with zero attached hydrogens (tertiary/aromatic N) is 1. The van der Waals surface area contributed by atoms with Gasteiger partial charge in [-0.25, -0.2) is 0 Å². The highest BCUT2D eigenvalue weighted by atomic mass is 79.9. The Morgan fingerprint density at radius 3 is 2.55 bits per heavy atom. The van der Waals surface area contributed by atoms with Gasteiger partial charge in [-0.3, -0.25) is 4.79 Å². The van der Waals surface area contributed by atoms with Gasteiger partial charge in [0.2, 0.25) is 5.91 Å². The summed E-state index contributed by atoms with van der Waals surface area (Å²) in [5.74, 6) is -0.0387. The van der Waals surface area contributed by atoms with Crippen molar-refractivity contribution in [2.75, 3.05) is 6.54 Å². The molecule has 0 bridgehead atoms. The Balaban J connectivity index is 2.09. The van der Waals surface area contributed by atoms with Gasteiger partial charge in [-0.15, -0.1) is 11.3 Å². The number of thiophene rings is 1. The number of nitrogens with two attached hydrogens (primary N) is 1. The van der Waals surface area contributed by atoms with Crippen LogP contribution in [0.1, 0.15) is 23.4 Å². The fourth-order valence-electron chi connectivity index (χ4n) is 1.97. The van der Waals surface area contributed by atoms with Crippen LogP contribution in [0, 0.1) is 0 Å². The maximum atomic E-state index is 12.5. The standard InChI is InChI=1S/C15H17BrN2OS/c1-2-18(10-12-8-9-13(16)20-12)15(19)14(17)11-6-4-3-5-7-11/h3-9,14H,2,10,17H2,1H3/t14-/m1/s1. The van der Waals surface area contributed by atoms with Crippen molar-refractivity contribution in [3.05, 3.63) is 56.7 Å². The van der Waals surface area contributed by atoms with E-state index in [9.17, 15) is 4.79 Å². The molecule has 0 aliphatic rings. The number of hydrogen-bond donors (Lipinski definition) is 1. The molecule has 2 rings (SSSR count). The second-order valence-electron chi connectivity index (χ2n) is 4.45. The van der Waals surface area contributed by atoms with E-state index < -0.39 is 6.04 Å². The summed E-state index contributed by atoms with van der Waals surface area (Å²) in [5.41, 5.74) is 6.93.